The maximum absolute atomic E-state index is 10.6. The number of fused-ring (bicyclic) bond motifs is 2. The average Bonchev–Trinajstić information content (AvgIpc) is 2.30. The quantitative estimate of drug-likeness (QED) is 0.585. The number of primary amides is 1. The fraction of sp³-hybridized carbons (Fsp3) is 0.875. The molecule has 2 atom stereocenters. The number of ether oxygens (including phenoxy) is 1. The van der Waals surface area contributed by atoms with Crippen LogP contribution < -0.4 is 11.1 Å². The van der Waals surface area contributed by atoms with Crippen molar-refractivity contribution in [2.45, 2.75) is 18.9 Å². The van der Waals surface area contributed by atoms with Crippen LogP contribution in [0.1, 0.15) is 12.8 Å². The molecule has 2 aliphatic rings. The highest BCUT2D eigenvalue weighted by Crippen LogP contribution is 2.35. The zero-order valence-electron chi connectivity index (χ0n) is 6.95. The summed E-state index contributed by atoms with van der Waals surface area (Å²) in [5, 5.41) is 3.32. The van der Waals surface area contributed by atoms with Crippen molar-refractivity contribution in [2.75, 3.05) is 13.1 Å². The molecule has 1 saturated carbocycles. The van der Waals surface area contributed by atoms with Gasteiger partial charge in [0.2, 0.25) is 0 Å². The molecule has 4 heteroatoms. The molecule has 12 heavy (non-hydrogen) atoms. The molecule has 1 saturated heterocycles. The number of nitrogens with two attached hydrogens (primary N) is 1. The lowest BCUT2D eigenvalue weighted by atomic mass is 9.97. The summed E-state index contributed by atoms with van der Waals surface area (Å²) in [6.07, 6.45) is 1.79. The molecule has 1 amide bonds. The minimum absolute atomic E-state index is 0.0868. The van der Waals surface area contributed by atoms with Crippen LogP contribution in [0, 0.1) is 11.8 Å². The molecule has 1 aliphatic heterocycles. The van der Waals surface area contributed by atoms with Gasteiger partial charge in [0.15, 0.2) is 0 Å². The monoisotopic (exact) mass is 170 g/mol. The van der Waals surface area contributed by atoms with Crippen molar-refractivity contribution in [3.8, 4) is 0 Å². The van der Waals surface area contributed by atoms with Gasteiger partial charge in [-0.25, -0.2) is 4.79 Å². The lowest BCUT2D eigenvalue weighted by Crippen LogP contribution is -2.44. The number of hydrogen-bond donors (Lipinski definition) is 2. The first-order valence-electron chi connectivity index (χ1n) is 4.44. The molecule has 1 heterocycles. The number of piperidine rings is 1. The third kappa shape index (κ3) is 1.27. The Hall–Kier alpha value is -0.770. The maximum Gasteiger partial charge on any atom is 0.404 e. The molecule has 2 rings (SSSR count). The lowest BCUT2D eigenvalue weighted by Gasteiger charge is -2.29. The maximum atomic E-state index is 10.6. The highest BCUT2D eigenvalue weighted by molar-refractivity contribution is 5.64. The standard InChI is InChI=1S/C8H14N2O2/c9-8(11)12-7-5-1-2-6(7)4-10-3-5/h5-7,10H,1-4H2,(H2,9,11). The smallest absolute Gasteiger partial charge is 0.404 e. The zero-order chi connectivity index (χ0) is 8.55. The predicted molar refractivity (Wildman–Crippen MR) is 43.5 cm³/mol. The molecular formula is C8H14N2O2. The Labute approximate surface area is 71.4 Å². The van der Waals surface area contributed by atoms with Gasteiger partial charge in [-0.1, -0.05) is 0 Å². The largest absolute Gasteiger partial charge is 0.446 e. The first-order chi connectivity index (χ1) is 5.77. The number of carbonyl (C=O) groups is 1. The Balaban J connectivity index is 2.00. The van der Waals surface area contributed by atoms with Crippen molar-refractivity contribution in [1.82, 2.24) is 5.32 Å². The van der Waals surface area contributed by atoms with Crippen LogP contribution in [0.5, 0.6) is 0 Å². The van der Waals surface area contributed by atoms with Gasteiger partial charge in [0.1, 0.15) is 6.10 Å². The molecule has 0 spiro atoms. The normalized spacial score (nSPS) is 39.5. The average molecular weight is 170 g/mol. The number of hydrogen-bond acceptors (Lipinski definition) is 3. The second-order valence-corrected chi connectivity index (χ2v) is 3.66. The highest BCUT2D eigenvalue weighted by atomic mass is 16.6. The molecule has 2 fully saturated rings. The van der Waals surface area contributed by atoms with Crippen molar-refractivity contribution in [1.29, 1.82) is 0 Å². The highest BCUT2D eigenvalue weighted by Gasteiger charge is 2.41. The van der Waals surface area contributed by atoms with Crippen LogP contribution in [-0.2, 0) is 4.74 Å². The molecule has 68 valence electrons. The lowest BCUT2D eigenvalue weighted by molar-refractivity contribution is 0.0423. The Bertz CT molecular complexity index is 179. The van der Waals surface area contributed by atoms with E-state index in [2.05, 4.69) is 5.32 Å². The van der Waals surface area contributed by atoms with Crippen molar-refractivity contribution in [3.63, 3.8) is 0 Å². The fourth-order valence-electron chi connectivity index (χ4n) is 2.36. The summed E-state index contributed by atoms with van der Waals surface area (Å²) in [5.74, 6) is 0.993. The Morgan fingerprint density at radius 2 is 1.92 bits per heavy atom. The van der Waals surface area contributed by atoms with Gasteiger partial charge < -0.3 is 15.8 Å². The predicted octanol–water partition coefficient (Wildman–Crippen LogP) is 0.0797. The number of amides is 1. The number of rotatable bonds is 1. The van der Waals surface area contributed by atoms with Gasteiger partial charge in [0, 0.05) is 24.9 Å². The molecule has 2 unspecified atom stereocenters. The summed E-state index contributed by atoms with van der Waals surface area (Å²) in [7, 11) is 0. The molecule has 0 aromatic heterocycles. The van der Waals surface area contributed by atoms with E-state index < -0.39 is 6.09 Å². The molecule has 0 radical (unpaired) electrons. The summed E-state index contributed by atoms with van der Waals surface area (Å²) in [5.41, 5.74) is 4.99. The fourth-order valence-corrected chi connectivity index (χ4v) is 2.36. The van der Waals surface area contributed by atoms with Crippen LogP contribution in [0.2, 0.25) is 0 Å². The van der Waals surface area contributed by atoms with Crippen LogP contribution in [0.25, 0.3) is 0 Å². The van der Waals surface area contributed by atoms with Gasteiger partial charge in [0.05, 0.1) is 0 Å². The summed E-state index contributed by atoms with van der Waals surface area (Å²) in [6, 6.07) is 0. The van der Waals surface area contributed by atoms with E-state index in [0.29, 0.717) is 11.8 Å². The van der Waals surface area contributed by atoms with Gasteiger partial charge in [-0.3, -0.25) is 0 Å². The summed E-state index contributed by atoms with van der Waals surface area (Å²) in [6.45, 7) is 1.93. The van der Waals surface area contributed by atoms with E-state index >= 15 is 0 Å². The molecule has 3 N–H and O–H groups in total. The first-order valence-corrected chi connectivity index (χ1v) is 4.44. The van der Waals surface area contributed by atoms with Crippen molar-refractivity contribution in [3.05, 3.63) is 0 Å². The van der Waals surface area contributed by atoms with Gasteiger partial charge in [0.25, 0.3) is 0 Å². The molecule has 0 aromatic rings. The van der Waals surface area contributed by atoms with E-state index in [0.717, 1.165) is 25.9 Å². The minimum Gasteiger partial charge on any atom is -0.446 e. The van der Waals surface area contributed by atoms with Gasteiger partial charge >= 0.3 is 6.09 Å². The van der Waals surface area contributed by atoms with E-state index in [-0.39, 0.29) is 6.10 Å². The second kappa shape index (κ2) is 2.94. The Morgan fingerprint density at radius 1 is 1.33 bits per heavy atom. The van der Waals surface area contributed by atoms with Crippen LogP contribution >= 0.6 is 0 Å². The van der Waals surface area contributed by atoms with Gasteiger partial charge in [-0.15, -0.1) is 0 Å². The van der Waals surface area contributed by atoms with Crippen LogP contribution in [0.4, 0.5) is 4.79 Å². The second-order valence-electron chi connectivity index (χ2n) is 3.66. The third-order valence-corrected chi connectivity index (χ3v) is 2.90. The van der Waals surface area contributed by atoms with Gasteiger partial charge in [-0.2, -0.15) is 0 Å². The van der Waals surface area contributed by atoms with E-state index in [1.54, 1.807) is 0 Å². The number of nitrogens with one attached hydrogen (secondary N) is 1. The van der Waals surface area contributed by atoms with E-state index in [1.165, 1.54) is 0 Å². The van der Waals surface area contributed by atoms with Crippen molar-refractivity contribution < 1.29 is 9.53 Å². The van der Waals surface area contributed by atoms with E-state index in [9.17, 15) is 4.79 Å². The SMILES string of the molecule is NC(=O)OC1C2CCC1CNC2. The summed E-state index contributed by atoms with van der Waals surface area (Å²) >= 11 is 0. The molecule has 0 aromatic carbocycles. The van der Waals surface area contributed by atoms with Crippen molar-refractivity contribution >= 4 is 6.09 Å². The molecule has 2 bridgehead atoms. The molecule has 1 aliphatic carbocycles. The topological polar surface area (TPSA) is 64.4 Å². The Morgan fingerprint density at radius 3 is 2.42 bits per heavy atom. The van der Waals surface area contributed by atoms with Crippen molar-refractivity contribution in [2.24, 2.45) is 17.6 Å². The molecule has 4 nitrogen and oxygen atoms in total. The van der Waals surface area contributed by atoms with Crippen LogP contribution in [-0.4, -0.2) is 25.3 Å². The van der Waals surface area contributed by atoms with E-state index in [4.69, 9.17) is 10.5 Å². The Kier molecular flexibility index (Phi) is 1.92. The van der Waals surface area contributed by atoms with Gasteiger partial charge in [-0.05, 0) is 12.8 Å². The van der Waals surface area contributed by atoms with Crippen LogP contribution in [0.15, 0.2) is 0 Å². The summed E-state index contributed by atoms with van der Waals surface area (Å²) in [4.78, 5) is 10.6. The van der Waals surface area contributed by atoms with E-state index in [1.807, 2.05) is 0 Å². The zero-order valence-corrected chi connectivity index (χ0v) is 6.95. The minimum atomic E-state index is -0.626. The van der Waals surface area contributed by atoms with Crippen LogP contribution in [0.3, 0.4) is 0 Å². The first kappa shape index (κ1) is 7.86. The molecular weight excluding hydrogens is 156 g/mol. The third-order valence-electron chi connectivity index (χ3n) is 2.90. The summed E-state index contributed by atoms with van der Waals surface area (Å²) < 4.78 is 5.08. The number of carbonyl (C=O) groups excluding carboxylic acids is 1.